The second-order valence-electron chi connectivity index (χ2n) is 7.32. The lowest BCUT2D eigenvalue weighted by Gasteiger charge is -2.15. The van der Waals surface area contributed by atoms with Crippen LogP contribution in [-0.4, -0.2) is 37.6 Å². The molecule has 4 aromatic heterocycles. The first kappa shape index (κ1) is 18.2. The number of nitrogens with one attached hydrogen (secondary N) is 1. The number of fused-ring (bicyclic) bond motifs is 3. The van der Waals surface area contributed by atoms with Crippen molar-refractivity contribution in [3.63, 3.8) is 0 Å². The van der Waals surface area contributed by atoms with Gasteiger partial charge >= 0.3 is 0 Å². The van der Waals surface area contributed by atoms with Crippen molar-refractivity contribution >= 4 is 21.6 Å². The van der Waals surface area contributed by atoms with Crippen molar-refractivity contribution in [3.8, 4) is 17.3 Å². The molecule has 29 heavy (non-hydrogen) atoms. The fourth-order valence-corrected chi connectivity index (χ4v) is 5.03. The van der Waals surface area contributed by atoms with Gasteiger partial charge in [0.2, 0.25) is 5.88 Å². The van der Waals surface area contributed by atoms with E-state index < -0.39 is 0 Å². The molecule has 0 spiro atoms. The fourth-order valence-electron chi connectivity index (χ4n) is 3.77. The van der Waals surface area contributed by atoms with Crippen LogP contribution in [0, 0.1) is 0 Å². The van der Waals surface area contributed by atoms with E-state index in [1.165, 1.54) is 23.3 Å². The number of hydrogen-bond acceptors (Lipinski definition) is 7. The van der Waals surface area contributed by atoms with E-state index in [-0.39, 0.29) is 6.04 Å². The Kier molecular flexibility index (Phi) is 4.95. The molecule has 1 aliphatic rings. The van der Waals surface area contributed by atoms with Gasteiger partial charge in [0.05, 0.1) is 17.4 Å². The van der Waals surface area contributed by atoms with Crippen molar-refractivity contribution in [3.05, 3.63) is 53.2 Å². The van der Waals surface area contributed by atoms with Crippen molar-refractivity contribution in [2.24, 2.45) is 5.73 Å². The number of pyridine rings is 1. The van der Waals surface area contributed by atoms with E-state index in [1.807, 2.05) is 18.3 Å². The maximum atomic E-state index is 6.29. The van der Waals surface area contributed by atoms with Gasteiger partial charge in [0.1, 0.15) is 11.4 Å². The highest BCUT2D eigenvalue weighted by atomic mass is 32.1. The SMILES string of the molecule is N[C@H](COc1nc(-c2ccncc2)nc2sc3c(c12)CCCC3)Cc1c[nH]cn1. The van der Waals surface area contributed by atoms with Crippen LogP contribution in [0.2, 0.25) is 0 Å². The molecular formula is C21H22N6OS. The quantitative estimate of drug-likeness (QED) is 0.509. The van der Waals surface area contributed by atoms with Crippen LogP contribution in [0.3, 0.4) is 0 Å². The summed E-state index contributed by atoms with van der Waals surface area (Å²) in [6, 6.07) is 3.67. The van der Waals surface area contributed by atoms with Crippen LogP contribution in [0.4, 0.5) is 0 Å². The number of nitrogens with zero attached hydrogens (tertiary/aromatic N) is 4. The predicted octanol–water partition coefficient (Wildman–Crippen LogP) is 3.30. The third-order valence-electron chi connectivity index (χ3n) is 5.18. The molecule has 4 aromatic rings. The summed E-state index contributed by atoms with van der Waals surface area (Å²) in [6.45, 7) is 0.374. The Balaban J connectivity index is 1.50. The topological polar surface area (TPSA) is 103 Å². The molecule has 0 unspecified atom stereocenters. The fraction of sp³-hybridized carbons (Fsp3) is 0.333. The Morgan fingerprint density at radius 2 is 2.03 bits per heavy atom. The molecule has 0 fully saturated rings. The number of imidazole rings is 1. The van der Waals surface area contributed by atoms with Gasteiger partial charge in [-0.1, -0.05) is 0 Å². The number of aromatic amines is 1. The van der Waals surface area contributed by atoms with Crippen molar-refractivity contribution in [2.45, 2.75) is 38.1 Å². The van der Waals surface area contributed by atoms with Crippen molar-refractivity contribution in [1.29, 1.82) is 0 Å². The third kappa shape index (κ3) is 3.73. The molecule has 0 aliphatic heterocycles. The van der Waals surface area contributed by atoms with Crippen LogP contribution in [0.5, 0.6) is 5.88 Å². The van der Waals surface area contributed by atoms with E-state index in [0.717, 1.165) is 34.3 Å². The van der Waals surface area contributed by atoms with E-state index in [2.05, 4.69) is 15.0 Å². The van der Waals surface area contributed by atoms with E-state index in [1.54, 1.807) is 30.1 Å². The Hall–Kier alpha value is -2.84. The Bertz CT molecular complexity index is 1110. The molecule has 3 N–H and O–H groups in total. The van der Waals surface area contributed by atoms with Gasteiger partial charge in [0, 0.05) is 41.5 Å². The summed E-state index contributed by atoms with van der Waals surface area (Å²) in [6.07, 6.45) is 12.3. The molecular weight excluding hydrogens is 384 g/mol. The van der Waals surface area contributed by atoms with Crippen molar-refractivity contribution in [1.82, 2.24) is 24.9 Å². The minimum Gasteiger partial charge on any atom is -0.475 e. The van der Waals surface area contributed by atoms with Crippen LogP contribution in [0.1, 0.15) is 29.0 Å². The average Bonchev–Trinajstić information content (AvgIpc) is 3.39. The van der Waals surface area contributed by atoms with Gasteiger partial charge in [-0.05, 0) is 43.4 Å². The summed E-state index contributed by atoms with van der Waals surface area (Å²) in [5.74, 6) is 1.30. The second kappa shape index (κ2) is 7.88. The molecule has 0 radical (unpaired) electrons. The Morgan fingerprint density at radius 3 is 2.86 bits per heavy atom. The minimum absolute atomic E-state index is 0.165. The van der Waals surface area contributed by atoms with Crippen LogP contribution >= 0.6 is 11.3 Å². The first-order valence-electron chi connectivity index (χ1n) is 9.86. The lowest BCUT2D eigenvalue weighted by molar-refractivity contribution is 0.280. The molecule has 1 atom stereocenters. The van der Waals surface area contributed by atoms with Gasteiger partial charge in [-0.3, -0.25) is 4.98 Å². The number of aromatic nitrogens is 5. The lowest BCUT2D eigenvalue weighted by Crippen LogP contribution is -2.30. The number of H-pyrrole nitrogens is 1. The molecule has 1 aliphatic carbocycles. The smallest absolute Gasteiger partial charge is 0.226 e. The number of thiophene rings is 1. The molecule has 148 valence electrons. The van der Waals surface area contributed by atoms with Crippen LogP contribution < -0.4 is 10.5 Å². The maximum absolute atomic E-state index is 6.29. The first-order chi connectivity index (χ1) is 14.3. The van der Waals surface area contributed by atoms with Crippen molar-refractivity contribution < 1.29 is 4.74 Å². The first-order valence-corrected chi connectivity index (χ1v) is 10.7. The third-order valence-corrected chi connectivity index (χ3v) is 6.37. The molecule has 0 amide bonds. The Morgan fingerprint density at radius 1 is 1.17 bits per heavy atom. The number of aryl methyl sites for hydroxylation is 2. The summed E-state index contributed by atoms with van der Waals surface area (Å²) in [4.78, 5) is 23.3. The van der Waals surface area contributed by atoms with Gasteiger partial charge in [-0.15, -0.1) is 11.3 Å². The number of hydrogen-bond donors (Lipinski definition) is 2. The van der Waals surface area contributed by atoms with Crippen LogP contribution in [-0.2, 0) is 19.3 Å². The van der Waals surface area contributed by atoms with Crippen molar-refractivity contribution in [2.75, 3.05) is 6.61 Å². The zero-order valence-corrected chi connectivity index (χ0v) is 16.8. The van der Waals surface area contributed by atoms with Crippen LogP contribution in [0.25, 0.3) is 21.6 Å². The van der Waals surface area contributed by atoms with Gasteiger partial charge in [0.15, 0.2) is 5.82 Å². The number of nitrogens with two attached hydrogens (primary N) is 1. The summed E-state index contributed by atoms with van der Waals surface area (Å²) in [7, 11) is 0. The van der Waals surface area contributed by atoms with E-state index >= 15 is 0 Å². The number of ether oxygens (including phenoxy) is 1. The molecule has 7 nitrogen and oxygen atoms in total. The van der Waals surface area contributed by atoms with Gasteiger partial charge < -0.3 is 15.5 Å². The van der Waals surface area contributed by atoms with Gasteiger partial charge in [-0.2, -0.15) is 4.98 Å². The zero-order chi connectivity index (χ0) is 19.6. The van der Waals surface area contributed by atoms with E-state index in [4.69, 9.17) is 20.4 Å². The van der Waals surface area contributed by atoms with Gasteiger partial charge in [0.25, 0.3) is 0 Å². The van der Waals surface area contributed by atoms with Crippen LogP contribution in [0.15, 0.2) is 37.1 Å². The number of rotatable bonds is 6. The monoisotopic (exact) mass is 406 g/mol. The minimum atomic E-state index is -0.165. The second-order valence-corrected chi connectivity index (χ2v) is 8.40. The molecule has 0 saturated carbocycles. The normalized spacial score (nSPS) is 14.7. The molecule has 0 aromatic carbocycles. The Labute approximate surface area is 172 Å². The summed E-state index contributed by atoms with van der Waals surface area (Å²) < 4.78 is 6.19. The van der Waals surface area contributed by atoms with E-state index in [0.29, 0.717) is 24.7 Å². The largest absolute Gasteiger partial charge is 0.475 e. The van der Waals surface area contributed by atoms with E-state index in [9.17, 15) is 0 Å². The highest BCUT2D eigenvalue weighted by Gasteiger charge is 2.23. The molecule has 5 rings (SSSR count). The molecule has 0 saturated heterocycles. The molecule has 8 heteroatoms. The lowest BCUT2D eigenvalue weighted by atomic mass is 9.97. The molecule has 4 heterocycles. The highest BCUT2D eigenvalue weighted by Crippen LogP contribution is 2.40. The summed E-state index contributed by atoms with van der Waals surface area (Å²) in [5, 5.41) is 1.06. The standard InChI is InChI=1S/C21H22N6OS/c22-14(9-15-10-24-12-25-15)11-28-20-18-16-3-1-2-4-17(16)29-21(18)27-19(26-20)13-5-7-23-8-6-13/h5-8,10,12,14H,1-4,9,11,22H2,(H,24,25)/t14-/m0/s1. The van der Waals surface area contributed by atoms with Gasteiger partial charge in [-0.25, -0.2) is 9.97 Å². The predicted molar refractivity (Wildman–Crippen MR) is 113 cm³/mol. The zero-order valence-electron chi connectivity index (χ0n) is 16.0. The summed E-state index contributed by atoms with van der Waals surface area (Å²) >= 11 is 1.77. The molecule has 0 bridgehead atoms. The summed E-state index contributed by atoms with van der Waals surface area (Å²) in [5.41, 5.74) is 9.51. The average molecular weight is 407 g/mol. The maximum Gasteiger partial charge on any atom is 0.226 e. The highest BCUT2D eigenvalue weighted by molar-refractivity contribution is 7.18.